The van der Waals surface area contributed by atoms with Gasteiger partial charge in [0, 0.05) is 32.8 Å². The fourth-order valence-corrected chi connectivity index (χ4v) is 3.43. The second-order valence-electron chi connectivity index (χ2n) is 5.45. The number of rotatable bonds is 7. The number of nitrogens with one attached hydrogen (secondary N) is 2. The van der Waals surface area contributed by atoms with Gasteiger partial charge in [0.25, 0.3) is 5.91 Å². The highest BCUT2D eigenvalue weighted by atomic mass is 32.2. The molecule has 1 aromatic carbocycles. The summed E-state index contributed by atoms with van der Waals surface area (Å²) in [5, 5.41) is 5.26. The SMILES string of the molecule is COCCN(C)S(=O)(=O)c1ccc(C(=O)N[C@H]2CCNC2=O)cc1. The van der Waals surface area contributed by atoms with Crippen molar-refractivity contribution in [2.45, 2.75) is 17.4 Å². The smallest absolute Gasteiger partial charge is 0.251 e. The molecule has 2 rings (SSSR count). The number of nitrogens with zero attached hydrogens (tertiary/aromatic N) is 1. The van der Waals surface area contributed by atoms with E-state index in [1.54, 1.807) is 0 Å². The fraction of sp³-hybridized carbons (Fsp3) is 0.467. The molecule has 1 saturated heterocycles. The molecule has 0 radical (unpaired) electrons. The first-order valence-corrected chi connectivity index (χ1v) is 8.94. The van der Waals surface area contributed by atoms with Gasteiger partial charge >= 0.3 is 0 Å². The van der Waals surface area contributed by atoms with E-state index in [9.17, 15) is 18.0 Å². The Hall–Kier alpha value is -1.97. The molecular formula is C15H21N3O5S. The highest BCUT2D eigenvalue weighted by Gasteiger charge is 2.26. The number of benzene rings is 1. The Morgan fingerprint density at radius 2 is 2.04 bits per heavy atom. The van der Waals surface area contributed by atoms with Crippen LogP contribution in [0.25, 0.3) is 0 Å². The van der Waals surface area contributed by atoms with Crippen LogP contribution in [0.2, 0.25) is 0 Å². The average molecular weight is 355 g/mol. The molecule has 1 heterocycles. The van der Waals surface area contributed by atoms with Crippen LogP contribution in [0.15, 0.2) is 29.2 Å². The zero-order valence-corrected chi connectivity index (χ0v) is 14.4. The van der Waals surface area contributed by atoms with E-state index in [1.165, 1.54) is 42.7 Å². The topological polar surface area (TPSA) is 105 Å². The molecule has 0 aliphatic carbocycles. The Bertz CT molecular complexity index is 702. The molecule has 132 valence electrons. The fourth-order valence-electron chi connectivity index (χ4n) is 2.27. The molecule has 1 fully saturated rings. The normalized spacial score (nSPS) is 17.8. The quantitative estimate of drug-likeness (QED) is 0.691. The minimum Gasteiger partial charge on any atom is -0.383 e. The maximum Gasteiger partial charge on any atom is 0.251 e. The van der Waals surface area contributed by atoms with Crippen molar-refractivity contribution in [2.75, 3.05) is 33.9 Å². The Morgan fingerprint density at radius 1 is 1.38 bits per heavy atom. The second kappa shape index (κ2) is 7.73. The van der Waals surface area contributed by atoms with Gasteiger partial charge in [-0.1, -0.05) is 0 Å². The number of sulfonamides is 1. The molecule has 8 nitrogen and oxygen atoms in total. The van der Waals surface area contributed by atoms with E-state index >= 15 is 0 Å². The standard InChI is InChI=1S/C15H21N3O5S/c1-18(9-10-23-2)24(21,22)12-5-3-11(4-6-12)14(19)17-13-7-8-16-15(13)20/h3-6,13H,7-10H2,1-2H3,(H,16,20)(H,17,19)/t13-/m0/s1. The molecule has 0 aromatic heterocycles. The minimum absolute atomic E-state index is 0.0938. The van der Waals surface area contributed by atoms with Gasteiger partial charge in [0.15, 0.2) is 0 Å². The summed E-state index contributed by atoms with van der Waals surface area (Å²) in [6, 6.07) is 5.07. The van der Waals surface area contributed by atoms with Crippen molar-refractivity contribution < 1.29 is 22.7 Å². The Kier molecular flexibility index (Phi) is 5.92. The summed E-state index contributed by atoms with van der Waals surface area (Å²) < 4.78 is 30.8. The number of carbonyl (C=O) groups is 2. The van der Waals surface area contributed by atoms with Crippen molar-refractivity contribution in [1.29, 1.82) is 0 Å². The Labute approximate surface area is 141 Å². The highest BCUT2D eigenvalue weighted by molar-refractivity contribution is 7.89. The summed E-state index contributed by atoms with van der Waals surface area (Å²) in [6.07, 6.45) is 0.543. The third-order valence-electron chi connectivity index (χ3n) is 3.79. The number of hydrogen-bond donors (Lipinski definition) is 2. The zero-order chi connectivity index (χ0) is 17.7. The van der Waals surface area contributed by atoms with Crippen molar-refractivity contribution in [3.8, 4) is 0 Å². The second-order valence-corrected chi connectivity index (χ2v) is 7.49. The number of methoxy groups -OCH3 is 1. The maximum atomic E-state index is 12.4. The van der Waals surface area contributed by atoms with Crippen LogP contribution in [0.3, 0.4) is 0 Å². The molecule has 9 heteroatoms. The van der Waals surface area contributed by atoms with Gasteiger partial charge in [0.05, 0.1) is 11.5 Å². The monoisotopic (exact) mass is 355 g/mol. The van der Waals surface area contributed by atoms with E-state index in [2.05, 4.69) is 10.6 Å². The van der Waals surface area contributed by atoms with E-state index in [-0.39, 0.29) is 17.3 Å². The van der Waals surface area contributed by atoms with Gasteiger partial charge in [0.2, 0.25) is 15.9 Å². The molecule has 0 spiro atoms. The minimum atomic E-state index is -3.63. The molecule has 0 unspecified atom stereocenters. The predicted molar refractivity (Wildman–Crippen MR) is 87.0 cm³/mol. The van der Waals surface area contributed by atoms with E-state index in [1.807, 2.05) is 0 Å². The summed E-state index contributed by atoms with van der Waals surface area (Å²) >= 11 is 0. The van der Waals surface area contributed by atoms with Crippen molar-refractivity contribution >= 4 is 21.8 Å². The number of amides is 2. The summed E-state index contributed by atoms with van der Waals surface area (Å²) in [6.45, 7) is 1.06. The summed E-state index contributed by atoms with van der Waals surface area (Å²) in [4.78, 5) is 23.7. The van der Waals surface area contributed by atoms with Crippen molar-refractivity contribution in [3.05, 3.63) is 29.8 Å². The molecule has 1 aromatic rings. The molecular weight excluding hydrogens is 334 g/mol. The third kappa shape index (κ3) is 4.11. The summed E-state index contributed by atoms with van der Waals surface area (Å²) in [5.41, 5.74) is 0.299. The molecule has 1 aliphatic rings. The third-order valence-corrected chi connectivity index (χ3v) is 5.66. The Balaban J connectivity index is 2.06. The number of likely N-dealkylation sites (N-methyl/N-ethyl adjacent to an activating group) is 1. The lowest BCUT2D eigenvalue weighted by Crippen LogP contribution is -2.40. The van der Waals surface area contributed by atoms with Crippen molar-refractivity contribution in [2.24, 2.45) is 0 Å². The highest BCUT2D eigenvalue weighted by Crippen LogP contribution is 2.15. The van der Waals surface area contributed by atoms with Gasteiger partial charge in [-0.25, -0.2) is 8.42 Å². The molecule has 2 N–H and O–H groups in total. The largest absolute Gasteiger partial charge is 0.383 e. The maximum absolute atomic E-state index is 12.4. The van der Waals surface area contributed by atoms with Gasteiger partial charge in [-0.05, 0) is 30.7 Å². The van der Waals surface area contributed by atoms with E-state index < -0.39 is 22.0 Å². The van der Waals surface area contributed by atoms with Crippen molar-refractivity contribution in [1.82, 2.24) is 14.9 Å². The van der Waals surface area contributed by atoms with Crippen LogP contribution in [0, 0.1) is 0 Å². The first kappa shape index (κ1) is 18.4. The molecule has 0 saturated carbocycles. The predicted octanol–water partition coefficient (Wildman–Crippen LogP) is -0.428. The molecule has 1 aliphatic heterocycles. The van der Waals surface area contributed by atoms with Gasteiger partial charge in [-0.3, -0.25) is 9.59 Å². The summed E-state index contributed by atoms with van der Waals surface area (Å²) in [5.74, 6) is -0.615. The Morgan fingerprint density at radius 3 is 2.58 bits per heavy atom. The molecule has 1 atom stereocenters. The van der Waals surface area contributed by atoms with Gasteiger partial charge < -0.3 is 15.4 Å². The van der Waals surface area contributed by atoms with Crippen LogP contribution in [0.4, 0.5) is 0 Å². The van der Waals surface area contributed by atoms with Gasteiger partial charge in [0.1, 0.15) is 6.04 Å². The van der Waals surface area contributed by atoms with Crippen LogP contribution in [-0.4, -0.2) is 64.4 Å². The van der Waals surface area contributed by atoms with Crippen LogP contribution < -0.4 is 10.6 Å². The molecule has 0 bridgehead atoms. The number of ether oxygens (including phenoxy) is 1. The van der Waals surface area contributed by atoms with E-state index in [4.69, 9.17) is 4.74 Å². The first-order valence-electron chi connectivity index (χ1n) is 7.50. The van der Waals surface area contributed by atoms with Crippen LogP contribution >= 0.6 is 0 Å². The van der Waals surface area contributed by atoms with Crippen LogP contribution in [0.1, 0.15) is 16.8 Å². The number of carbonyl (C=O) groups excluding carboxylic acids is 2. The lowest BCUT2D eigenvalue weighted by atomic mass is 10.2. The van der Waals surface area contributed by atoms with Gasteiger partial charge in [-0.2, -0.15) is 4.31 Å². The van der Waals surface area contributed by atoms with E-state index in [0.29, 0.717) is 25.1 Å². The van der Waals surface area contributed by atoms with E-state index in [0.717, 1.165) is 0 Å². The van der Waals surface area contributed by atoms with Crippen LogP contribution in [-0.2, 0) is 19.6 Å². The first-order chi connectivity index (χ1) is 11.4. The van der Waals surface area contributed by atoms with Crippen LogP contribution in [0.5, 0.6) is 0 Å². The molecule has 2 amide bonds. The lowest BCUT2D eigenvalue weighted by Gasteiger charge is -2.17. The lowest BCUT2D eigenvalue weighted by molar-refractivity contribution is -0.120. The zero-order valence-electron chi connectivity index (χ0n) is 13.6. The average Bonchev–Trinajstić information content (AvgIpc) is 2.97. The van der Waals surface area contributed by atoms with Crippen molar-refractivity contribution in [3.63, 3.8) is 0 Å². The van der Waals surface area contributed by atoms with Gasteiger partial charge in [-0.15, -0.1) is 0 Å². The summed E-state index contributed by atoms with van der Waals surface area (Å²) in [7, 11) is -0.663. The number of hydrogen-bond acceptors (Lipinski definition) is 5. The molecule has 24 heavy (non-hydrogen) atoms.